The van der Waals surface area contributed by atoms with Crippen LogP contribution in [0.1, 0.15) is 18.1 Å². The first-order valence-corrected chi connectivity index (χ1v) is 8.25. The van der Waals surface area contributed by atoms with Crippen LogP contribution in [0.15, 0.2) is 30.6 Å². The standard InChI is InChI=1S/C18H21ClN4O/c1-5-12-8-14(24-4)7-6-13(12)10-22(2)15-9-16(19)21-18-17(15)20-11-23(18)3/h6-9,11H,5,10H2,1-4H3. The third kappa shape index (κ3) is 3.04. The lowest BCUT2D eigenvalue weighted by molar-refractivity contribution is 0.414. The molecule has 1 aromatic carbocycles. The minimum absolute atomic E-state index is 0.471. The van der Waals surface area contributed by atoms with Crippen LogP contribution in [-0.2, 0) is 20.0 Å². The molecule has 0 aliphatic carbocycles. The molecule has 0 fully saturated rings. The molecule has 3 rings (SSSR count). The predicted octanol–water partition coefficient (Wildman–Crippen LogP) is 3.83. The average molecular weight is 345 g/mol. The van der Waals surface area contributed by atoms with E-state index in [1.807, 2.05) is 30.8 Å². The zero-order chi connectivity index (χ0) is 17.3. The van der Waals surface area contributed by atoms with E-state index in [9.17, 15) is 0 Å². The van der Waals surface area contributed by atoms with Crippen molar-refractivity contribution in [2.24, 2.45) is 7.05 Å². The second kappa shape index (κ2) is 6.69. The Balaban J connectivity index is 1.97. The van der Waals surface area contributed by atoms with Gasteiger partial charge in [0.25, 0.3) is 0 Å². The highest BCUT2D eigenvalue weighted by atomic mass is 35.5. The van der Waals surface area contributed by atoms with Gasteiger partial charge in [0, 0.05) is 26.7 Å². The molecule has 0 N–H and O–H groups in total. The van der Waals surface area contributed by atoms with Crippen molar-refractivity contribution in [1.82, 2.24) is 14.5 Å². The minimum Gasteiger partial charge on any atom is -0.497 e. The van der Waals surface area contributed by atoms with E-state index in [4.69, 9.17) is 16.3 Å². The number of rotatable bonds is 5. The Labute approximate surface area is 146 Å². The number of fused-ring (bicyclic) bond motifs is 1. The number of anilines is 1. The fourth-order valence-electron chi connectivity index (χ4n) is 2.90. The third-order valence-corrected chi connectivity index (χ3v) is 4.42. The van der Waals surface area contributed by atoms with Crippen molar-refractivity contribution in [2.75, 3.05) is 19.1 Å². The number of hydrogen-bond donors (Lipinski definition) is 0. The fourth-order valence-corrected chi connectivity index (χ4v) is 3.08. The van der Waals surface area contributed by atoms with E-state index in [0.717, 1.165) is 35.6 Å². The summed E-state index contributed by atoms with van der Waals surface area (Å²) in [5, 5.41) is 0.471. The molecular weight excluding hydrogens is 324 g/mol. The smallest absolute Gasteiger partial charge is 0.163 e. The Morgan fingerprint density at radius 2 is 2.04 bits per heavy atom. The molecule has 5 nitrogen and oxygen atoms in total. The van der Waals surface area contributed by atoms with Gasteiger partial charge in [0.2, 0.25) is 0 Å². The maximum absolute atomic E-state index is 6.20. The number of benzene rings is 1. The zero-order valence-electron chi connectivity index (χ0n) is 14.4. The van der Waals surface area contributed by atoms with Crippen LogP contribution in [0.3, 0.4) is 0 Å². The first-order chi connectivity index (χ1) is 11.5. The van der Waals surface area contributed by atoms with Crippen molar-refractivity contribution in [2.45, 2.75) is 19.9 Å². The second-order valence-corrected chi connectivity index (χ2v) is 6.22. The van der Waals surface area contributed by atoms with Crippen LogP contribution in [0.25, 0.3) is 11.2 Å². The van der Waals surface area contributed by atoms with Gasteiger partial charge in [-0.1, -0.05) is 24.6 Å². The van der Waals surface area contributed by atoms with E-state index in [1.165, 1.54) is 11.1 Å². The van der Waals surface area contributed by atoms with Crippen LogP contribution in [0.4, 0.5) is 5.69 Å². The second-order valence-electron chi connectivity index (χ2n) is 5.84. The fraction of sp³-hybridized carbons (Fsp3) is 0.333. The van der Waals surface area contributed by atoms with E-state index >= 15 is 0 Å². The third-order valence-electron chi connectivity index (χ3n) is 4.23. The summed E-state index contributed by atoms with van der Waals surface area (Å²) < 4.78 is 7.20. The molecule has 0 bridgehead atoms. The molecule has 0 spiro atoms. The molecule has 0 radical (unpaired) electrons. The van der Waals surface area contributed by atoms with Crippen LogP contribution in [0.5, 0.6) is 5.75 Å². The molecule has 0 aliphatic rings. The molecule has 6 heteroatoms. The highest BCUT2D eigenvalue weighted by Crippen LogP contribution is 2.28. The summed E-state index contributed by atoms with van der Waals surface area (Å²) in [6.45, 7) is 2.91. The predicted molar refractivity (Wildman–Crippen MR) is 98.0 cm³/mol. The van der Waals surface area contributed by atoms with Gasteiger partial charge in [-0.15, -0.1) is 0 Å². The van der Waals surface area contributed by atoms with Gasteiger partial charge in [-0.25, -0.2) is 9.97 Å². The lowest BCUT2D eigenvalue weighted by Crippen LogP contribution is -2.18. The molecule has 0 saturated heterocycles. The number of halogens is 1. The van der Waals surface area contributed by atoms with Crippen LogP contribution in [0, 0.1) is 0 Å². The van der Waals surface area contributed by atoms with Crippen molar-refractivity contribution in [1.29, 1.82) is 0 Å². The maximum atomic E-state index is 6.20. The Hall–Kier alpha value is -2.27. The van der Waals surface area contributed by atoms with Crippen molar-refractivity contribution in [3.63, 3.8) is 0 Å². The molecule has 2 aromatic heterocycles. The molecule has 3 aromatic rings. The van der Waals surface area contributed by atoms with E-state index in [2.05, 4.69) is 33.9 Å². The van der Waals surface area contributed by atoms with Crippen molar-refractivity contribution in [3.8, 4) is 5.75 Å². The van der Waals surface area contributed by atoms with Gasteiger partial charge < -0.3 is 14.2 Å². The van der Waals surface area contributed by atoms with Crippen molar-refractivity contribution in [3.05, 3.63) is 46.9 Å². The van der Waals surface area contributed by atoms with E-state index in [0.29, 0.717) is 5.15 Å². The van der Waals surface area contributed by atoms with E-state index < -0.39 is 0 Å². The Kier molecular flexibility index (Phi) is 4.62. The number of pyridine rings is 1. The first kappa shape index (κ1) is 16.6. The number of ether oxygens (including phenoxy) is 1. The first-order valence-electron chi connectivity index (χ1n) is 7.88. The van der Waals surface area contributed by atoms with Gasteiger partial charge in [-0.3, -0.25) is 0 Å². The van der Waals surface area contributed by atoms with E-state index in [1.54, 1.807) is 13.4 Å². The van der Waals surface area contributed by atoms with Crippen molar-refractivity contribution >= 4 is 28.5 Å². The van der Waals surface area contributed by atoms with Crippen LogP contribution < -0.4 is 9.64 Å². The highest BCUT2D eigenvalue weighted by Gasteiger charge is 2.14. The summed E-state index contributed by atoms with van der Waals surface area (Å²) in [5.41, 5.74) is 5.16. The van der Waals surface area contributed by atoms with Gasteiger partial charge in [0.05, 0.1) is 19.1 Å². The molecular formula is C18H21ClN4O. The maximum Gasteiger partial charge on any atom is 0.163 e. The number of aromatic nitrogens is 3. The summed E-state index contributed by atoms with van der Waals surface area (Å²) >= 11 is 6.20. The van der Waals surface area contributed by atoms with Crippen LogP contribution in [0.2, 0.25) is 5.15 Å². The summed E-state index contributed by atoms with van der Waals surface area (Å²) in [5.74, 6) is 0.886. The number of imidazole rings is 1. The monoisotopic (exact) mass is 344 g/mol. The largest absolute Gasteiger partial charge is 0.497 e. The lowest BCUT2D eigenvalue weighted by atomic mass is 10.0. The minimum atomic E-state index is 0.471. The average Bonchev–Trinajstić information content (AvgIpc) is 2.95. The van der Waals surface area contributed by atoms with Gasteiger partial charge in [-0.2, -0.15) is 0 Å². The summed E-state index contributed by atoms with van der Waals surface area (Å²) in [6, 6.07) is 8.08. The molecule has 2 heterocycles. The van der Waals surface area contributed by atoms with Crippen molar-refractivity contribution < 1.29 is 4.74 Å². The normalized spacial score (nSPS) is 11.0. The Morgan fingerprint density at radius 1 is 1.25 bits per heavy atom. The molecule has 0 atom stereocenters. The van der Waals surface area contributed by atoms with Crippen LogP contribution >= 0.6 is 11.6 Å². The Bertz CT molecular complexity index is 875. The molecule has 0 amide bonds. The quantitative estimate of drug-likeness (QED) is 0.660. The van der Waals surface area contributed by atoms with Gasteiger partial charge in [-0.05, 0) is 29.7 Å². The Morgan fingerprint density at radius 3 is 2.75 bits per heavy atom. The SMILES string of the molecule is CCc1cc(OC)ccc1CN(C)c1cc(Cl)nc2c1ncn2C. The van der Waals surface area contributed by atoms with Gasteiger partial charge >= 0.3 is 0 Å². The molecule has 0 aliphatic heterocycles. The lowest BCUT2D eigenvalue weighted by Gasteiger charge is -2.22. The number of aryl methyl sites for hydroxylation is 2. The summed E-state index contributed by atoms with van der Waals surface area (Å²) in [6.07, 6.45) is 2.71. The molecule has 126 valence electrons. The molecule has 0 saturated carbocycles. The number of methoxy groups -OCH3 is 1. The topological polar surface area (TPSA) is 43.2 Å². The van der Waals surface area contributed by atoms with Crippen LogP contribution in [-0.4, -0.2) is 28.7 Å². The zero-order valence-corrected chi connectivity index (χ0v) is 15.1. The van der Waals surface area contributed by atoms with Gasteiger partial charge in [0.15, 0.2) is 5.65 Å². The highest BCUT2D eigenvalue weighted by molar-refractivity contribution is 6.30. The molecule has 24 heavy (non-hydrogen) atoms. The summed E-state index contributed by atoms with van der Waals surface area (Å²) in [7, 11) is 5.65. The summed E-state index contributed by atoms with van der Waals surface area (Å²) in [4.78, 5) is 11.0. The van der Waals surface area contributed by atoms with Gasteiger partial charge in [0.1, 0.15) is 16.4 Å². The van der Waals surface area contributed by atoms with E-state index in [-0.39, 0.29) is 0 Å². The number of nitrogens with zero attached hydrogens (tertiary/aromatic N) is 4. The molecule has 0 unspecified atom stereocenters. The number of hydrogen-bond acceptors (Lipinski definition) is 4.